The van der Waals surface area contributed by atoms with Gasteiger partial charge in [0.1, 0.15) is 6.61 Å². The molecular weight excluding hydrogens is 447 g/mol. The van der Waals surface area contributed by atoms with Gasteiger partial charge in [-0.05, 0) is 57.0 Å². The van der Waals surface area contributed by atoms with Gasteiger partial charge >= 0.3 is 6.18 Å². The Labute approximate surface area is 187 Å². The summed E-state index contributed by atoms with van der Waals surface area (Å²) in [5.74, 6) is -0.0257. The highest BCUT2D eigenvalue weighted by Crippen LogP contribution is 2.32. The number of ether oxygens (including phenoxy) is 1. The monoisotopic (exact) mass is 477 g/mol. The van der Waals surface area contributed by atoms with Gasteiger partial charge < -0.3 is 14.5 Å². The molecule has 2 aliphatic rings. The van der Waals surface area contributed by atoms with Gasteiger partial charge in [-0.15, -0.1) is 0 Å². The Balaban J connectivity index is 1.49. The van der Waals surface area contributed by atoms with Gasteiger partial charge in [-0.2, -0.15) is 17.5 Å². The van der Waals surface area contributed by atoms with Crippen LogP contribution >= 0.6 is 0 Å². The van der Waals surface area contributed by atoms with Crippen molar-refractivity contribution < 1.29 is 31.1 Å². The van der Waals surface area contributed by atoms with Crippen molar-refractivity contribution in [2.24, 2.45) is 0 Å². The first-order chi connectivity index (χ1) is 15.0. The third kappa shape index (κ3) is 6.00. The normalized spacial score (nSPS) is 23.5. The minimum Gasteiger partial charge on any atom is -0.368 e. The lowest BCUT2D eigenvalue weighted by Crippen LogP contribution is -2.48. The summed E-state index contributed by atoms with van der Waals surface area (Å²) in [4.78, 5) is 16.1. The van der Waals surface area contributed by atoms with Crippen molar-refractivity contribution in [3.63, 3.8) is 0 Å². The first-order valence-electron chi connectivity index (χ1n) is 10.7. The minimum atomic E-state index is -4.52. The maximum atomic E-state index is 12.8. The maximum Gasteiger partial charge on any atom is 0.416 e. The van der Waals surface area contributed by atoms with E-state index in [4.69, 9.17) is 4.74 Å². The lowest BCUT2D eigenvalue weighted by Gasteiger charge is -2.35. The van der Waals surface area contributed by atoms with E-state index in [0.29, 0.717) is 38.8 Å². The largest absolute Gasteiger partial charge is 0.416 e. The molecule has 0 spiro atoms. The molecular formula is C21H30F3N3O4S. The van der Waals surface area contributed by atoms with E-state index in [0.717, 1.165) is 37.4 Å². The zero-order valence-corrected chi connectivity index (χ0v) is 19.2. The van der Waals surface area contributed by atoms with E-state index in [-0.39, 0.29) is 29.6 Å². The average molecular weight is 478 g/mol. The summed E-state index contributed by atoms with van der Waals surface area (Å²) in [6.45, 7) is 3.10. The molecule has 1 aromatic rings. The number of hydrogen-bond donors (Lipinski definition) is 0. The molecule has 180 valence electrons. The summed E-state index contributed by atoms with van der Waals surface area (Å²) in [5, 5.41) is 0. The standard InChI is InChI=1S/C21H30F3N3O4S/c1-25-11-13-27(14-12-25)20(28)15-31-18-7-5-17(6-8-18)26(2)32(29,30)19-9-3-16(4-10-19)21(22,23)24/h3-4,9-10,17-18H,5-8,11-15H2,1-2H3. The fourth-order valence-corrected chi connectivity index (χ4v) is 5.51. The zero-order chi connectivity index (χ0) is 23.5. The maximum absolute atomic E-state index is 12.8. The zero-order valence-electron chi connectivity index (χ0n) is 18.3. The van der Waals surface area contributed by atoms with Gasteiger partial charge in [0.15, 0.2) is 0 Å². The van der Waals surface area contributed by atoms with Crippen LogP contribution in [0, 0.1) is 0 Å². The SMILES string of the molecule is CN1CCN(C(=O)COC2CCC(N(C)S(=O)(=O)c3ccc(C(F)(F)F)cc3)CC2)CC1. The van der Waals surface area contributed by atoms with Gasteiger partial charge in [-0.1, -0.05) is 0 Å². The molecule has 32 heavy (non-hydrogen) atoms. The lowest BCUT2D eigenvalue weighted by molar-refractivity contribution is -0.140. The molecule has 1 saturated carbocycles. The number of halogens is 3. The van der Waals surface area contributed by atoms with Gasteiger partial charge in [0.05, 0.1) is 16.6 Å². The Morgan fingerprint density at radius 2 is 1.62 bits per heavy atom. The molecule has 1 heterocycles. The molecule has 2 fully saturated rings. The summed E-state index contributed by atoms with van der Waals surface area (Å²) < 4.78 is 70.9. The van der Waals surface area contributed by atoms with E-state index < -0.39 is 21.8 Å². The van der Waals surface area contributed by atoms with Gasteiger partial charge in [-0.25, -0.2) is 8.42 Å². The van der Waals surface area contributed by atoms with Crippen LogP contribution in [0.1, 0.15) is 31.2 Å². The summed E-state index contributed by atoms with van der Waals surface area (Å²) in [6.07, 6.45) is -2.27. The molecule has 7 nitrogen and oxygen atoms in total. The molecule has 1 aromatic carbocycles. The van der Waals surface area contributed by atoms with Crippen LogP contribution in [0.25, 0.3) is 0 Å². The highest BCUT2D eigenvalue weighted by atomic mass is 32.2. The van der Waals surface area contributed by atoms with E-state index >= 15 is 0 Å². The molecule has 3 rings (SSSR count). The number of amides is 1. The number of sulfonamides is 1. The highest BCUT2D eigenvalue weighted by Gasteiger charge is 2.34. The first-order valence-corrected chi connectivity index (χ1v) is 12.2. The van der Waals surface area contributed by atoms with Crippen molar-refractivity contribution in [3.05, 3.63) is 29.8 Å². The molecule has 0 bridgehead atoms. The minimum absolute atomic E-state index is 0.0257. The van der Waals surface area contributed by atoms with E-state index in [9.17, 15) is 26.4 Å². The molecule has 0 radical (unpaired) electrons. The Hall–Kier alpha value is -1.69. The Bertz CT molecular complexity index is 877. The molecule has 0 unspecified atom stereocenters. The van der Waals surface area contributed by atoms with Crippen LogP contribution in [0.15, 0.2) is 29.2 Å². The molecule has 1 amide bonds. The third-order valence-corrected chi connectivity index (χ3v) is 8.24. The number of nitrogens with zero attached hydrogens (tertiary/aromatic N) is 3. The topological polar surface area (TPSA) is 70.2 Å². The first kappa shape index (κ1) is 24.9. The summed E-state index contributed by atoms with van der Waals surface area (Å²) >= 11 is 0. The summed E-state index contributed by atoms with van der Waals surface area (Å²) in [7, 11) is -0.429. The van der Waals surface area contributed by atoms with Gasteiger partial charge in [0.2, 0.25) is 15.9 Å². The number of piperazine rings is 1. The molecule has 0 aromatic heterocycles. The lowest BCUT2D eigenvalue weighted by atomic mass is 9.93. The van der Waals surface area contributed by atoms with Gasteiger partial charge in [0, 0.05) is 39.3 Å². The van der Waals surface area contributed by atoms with E-state index in [1.165, 1.54) is 11.4 Å². The van der Waals surface area contributed by atoms with Crippen molar-refractivity contribution in [3.8, 4) is 0 Å². The van der Waals surface area contributed by atoms with Crippen LogP contribution in [-0.4, -0.2) is 87.5 Å². The van der Waals surface area contributed by atoms with Crippen LogP contribution in [0.4, 0.5) is 13.2 Å². The van der Waals surface area contributed by atoms with Crippen molar-refractivity contribution in [2.45, 2.75) is 48.9 Å². The number of rotatable bonds is 6. The Morgan fingerprint density at radius 1 is 1.06 bits per heavy atom. The second-order valence-corrected chi connectivity index (χ2v) is 10.5. The predicted molar refractivity (Wildman–Crippen MR) is 112 cm³/mol. The number of carbonyl (C=O) groups excluding carboxylic acids is 1. The van der Waals surface area contributed by atoms with Crippen LogP contribution in [0.3, 0.4) is 0 Å². The van der Waals surface area contributed by atoms with Crippen LogP contribution in [0.2, 0.25) is 0 Å². The summed E-state index contributed by atoms with van der Waals surface area (Å²) in [6, 6.07) is 3.28. The number of carbonyl (C=O) groups is 1. The Morgan fingerprint density at radius 3 is 2.16 bits per heavy atom. The smallest absolute Gasteiger partial charge is 0.368 e. The van der Waals surface area contributed by atoms with Gasteiger partial charge in [0.25, 0.3) is 0 Å². The van der Waals surface area contributed by atoms with E-state index in [1.807, 2.05) is 7.05 Å². The number of likely N-dealkylation sites (N-methyl/N-ethyl adjacent to an activating group) is 1. The van der Waals surface area contributed by atoms with E-state index in [1.54, 1.807) is 4.90 Å². The molecule has 11 heteroatoms. The molecule has 0 atom stereocenters. The Kier molecular flexibility index (Phi) is 7.85. The predicted octanol–water partition coefficient (Wildman–Crippen LogP) is 2.43. The molecule has 1 saturated heterocycles. The van der Waals surface area contributed by atoms with Crippen LogP contribution in [0.5, 0.6) is 0 Å². The average Bonchev–Trinajstić information content (AvgIpc) is 2.77. The molecule has 0 N–H and O–H groups in total. The number of hydrogen-bond acceptors (Lipinski definition) is 5. The number of benzene rings is 1. The fourth-order valence-electron chi connectivity index (χ4n) is 4.09. The molecule has 1 aliphatic heterocycles. The van der Waals surface area contributed by atoms with Crippen LogP contribution < -0.4 is 0 Å². The van der Waals surface area contributed by atoms with Gasteiger partial charge in [-0.3, -0.25) is 4.79 Å². The molecule has 1 aliphatic carbocycles. The third-order valence-electron chi connectivity index (χ3n) is 6.32. The fraction of sp³-hybridized carbons (Fsp3) is 0.667. The quantitative estimate of drug-likeness (QED) is 0.630. The summed E-state index contributed by atoms with van der Waals surface area (Å²) in [5.41, 5.74) is -0.886. The second kappa shape index (κ2) is 10.1. The highest BCUT2D eigenvalue weighted by molar-refractivity contribution is 7.89. The second-order valence-electron chi connectivity index (χ2n) is 8.47. The van der Waals surface area contributed by atoms with Crippen molar-refractivity contribution in [2.75, 3.05) is 46.9 Å². The van der Waals surface area contributed by atoms with E-state index in [2.05, 4.69) is 4.90 Å². The number of alkyl halides is 3. The van der Waals surface area contributed by atoms with Crippen molar-refractivity contribution in [1.82, 2.24) is 14.1 Å². The van der Waals surface area contributed by atoms with Crippen molar-refractivity contribution >= 4 is 15.9 Å². The van der Waals surface area contributed by atoms with Crippen molar-refractivity contribution in [1.29, 1.82) is 0 Å². The van der Waals surface area contributed by atoms with Crippen LogP contribution in [-0.2, 0) is 25.7 Å².